The van der Waals surface area contributed by atoms with Crippen LogP contribution in [-0.2, 0) is 6.61 Å². The highest BCUT2D eigenvalue weighted by atomic mass is 16.5. The zero-order chi connectivity index (χ0) is 26.3. The van der Waals surface area contributed by atoms with Crippen molar-refractivity contribution in [3.63, 3.8) is 0 Å². The number of likely N-dealkylation sites (N-methyl/N-ethyl adjacent to an activating group) is 1. The monoisotopic (exact) mass is 511 g/mol. The standard InChI is InChI=1S/C31H33N3O4/c1-34(17-20-6-7-20)31(11-12-31)19-38-29-16-26-25(15-28(29)36-2)27(10-13-33-26)37-18-21-8-9-23-22(14-21)4-3-5-24(23)30(32)35/h3-5,8-10,13-16,20H,6-7,11-12,17-19H2,1-2H3,(H2,32,35). The normalized spacial score (nSPS) is 16.1. The topological polar surface area (TPSA) is 86.9 Å². The molecule has 6 rings (SSSR count). The minimum atomic E-state index is -0.433. The van der Waals surface area contributed by atoms with Gasteiger partial charge in [0.05, 0.1) is 18.2 Å². The first-order valence-electron chi connectivity index (χ1n) is 13.2. The number of pyridine rings is 1. The number of methoxy groups -OCH3 is 1. The fraction of sp³-hybridized carbons (Fsp3) is 0.355. The van der Waals surface area contributed by atoms with Crippen LogP contribution >= 0.6 is 0 Å². The smallest absolute Gasteiger partial charge is 0.249 e. The molecule has 0 bridgehead atoms. The number of primary amides is 1. The molecule has 0 aliphatic heterocycles. The molecule has 2 N–H and O–H groups in total. The lowest BCUT2D eigenvalue weighted by atomic mass is 10.0. The van der Waals surface area contributed by atoms with E-state index in [0.29, 0.717) is 36.0 Å². The van der Waals surface area contributed by atoms with Crippen LogP contribution in [0, 0.1) is 5.92 Å². The molecule has 38 heavy (non-hydrogen) atoms. The molecule has 2 saturated carbocycles. The van der Waals surface area contributed by atoms with Crippen molar-refractivity contribution in [1.29, 1.82) is 0 Å². The van der Waals surface area contributed by atoms with E-state index in [-0.39, 0.29) is 5.54 Å². The zero-order valence-corrected chi connectivity index (χ0v) is 21.9. The van der Waals surface area contributed by atoms with Gasteiger partial charge in [0, 0.05) is 29.8 Å². The second-order valence-corrected chi connectivity index (χ2v) is 10.7. The Morgan fingerprint density at radius 2 is 1.87 bits per heavy atom. The van der Waals surface area contributed by atoms with Crippen LogP contribution in [0.1, 0.15) is 41.6 Å². The molecule has 1 aromatic heterocycles. The molecular formula is C31H33N3O4. The van der Waals surface area contributed by atoms with Gasteiger partial charge in [0.1, 0.15) is 19.0 Å². The Morgan fingerprint density at radius 1 is 1.03 bits per heavy atom. The molecule has 7 heteroatoms. The van der Waals surface area contributed by atoms with Crippen LogP contribution in [0.2, 0.25) is 0 Å². The van der Waals surface area contributed by atoms with Crippen molar-refractivity contribution in [3.05, 3.63) is 71.9 Å². The first-order chi connectivity index (χ1) is 18.5. The van der Waals surface area contributed by atoms with Gasteiger partial charge in [-0.15, -0.1) is 0 Å². The fourth-order valence-corrected chi connectivity index (χ4v) is 5.20. The van der Waals surface area contributed by atoms with E-state index < -0.39 is 5.91 Å². The highest BCUT2D eigenvalue weighted by molar-refractivity contribution is 6.06. The van der Waals surface area contributed by atoms with Crippen molar-refractivity contribution >= 4 is 27.6 Å². The van der Waals surface area contributed by atoms with E-state index in [1.54, 1.807) is 19.4 Å². The van der Waals surface area contributed by atoms with Crippen LogP contribution in [0.5, 0.6) is 17.2 Å². The fourth-order valence-electron chi connectivity index (χ4n) is 5.20. The predicted octanol–water partition coefficient (Wildman–Crippen LogP) is 5.33. The van der Waals surface area contributed by atoms with Crippen LogP contribution < -0.4 is 19.9 Å². The summed E-state index contributed by atoms with van der Waals surface area (Å²) in [6, 6.07) is 17.2. The maximum Gasteiger partial charge on any atom is 0.249 e. The van der Waals surface area contributed by atoms with Gasteiger partial charge in [-0.3, -0.25) is 14.7 Å². The Labute approximate surface area is 222 Å². The number of amides is 1. The number of fused-ring (bicyclic) bond motifs is 2. The van der Waals surface area contributed by atoms with Crippen LogP contribution in [0.15, 0.2) is 60.8 Å². The number of aromatic nitrogens is 1. The minimum absolute atomic E-state index is 0.138. The van der Waals surface area contributed by atoms with Crippen molar-refractivity contribution in [3.8, 4) is 17.2 Å². The molecule has 196 valence electrons. The van der Waals surface area contributed by atoms with Crippen LogP contribution in [0.25, 0.3) is 21.7 Å². The van der Waals surface area contributed by atoms with E-state index in [1.165, 1.54) is 25.7 Å². The average Bonchev–Trinajstić information content (AvgIpc) is 3.86. The molecule has 4 aromatic rings. The van der Waals surface area contributed by atoms with Gasteiger partial charge in [-0.05, 0) is 79.3 Å². The summed E-state index contributed by atoms with van der Waals surface area (Å²) in [5.74, 6) is 2.51. The molecule has 0 spiro atoms. The third-order valence-electron chi connectivity index (χ3n) is 7.95. The minimum Gasteiger partial charge on any atom is -0.493 e. The number of hydrogen-bond donors (Lipinski definition) is 1. The van der Waals surface area contributed by atoms with Crippen LogP contribution in [-0.4, -0.2) is 48.6 Å². The third-order valence-corrected chi connectivity index (χ3v) is 7.95. The van der Waals surface area contributed by atoms with Crippen LogP contribution in [0.4, 0.5) is 0 Å². The quantitative estimate of drug-likeness (QED) is 0.293. The summed E-state index contributed by atoms with van der Waals surface area (Å²) in [5, 5.41) is 2.64. The highest BCUT2D eigenvalue weighted by Crippen LogP contribution is 2.45. The summed E-state index contributed by atoms with van der Waals surface area (Å²) in [6.45, 7) is 2.17. The summed E-state index contributed by atoms with van der Waals surface area (Å²) < 4.78 is 18.3. The summed E-state index contributed by atoms with van der Waals surface area (Å²) in [5.41, 5.74) is 7.96. The molecule has 7 nitrogen and oxygen atoms in total. The van der Waals surface area contributed by atoms with E-state index >= 15 is 0 Å². The van der Waals surface area contributed by atoms with Gasteiger partial charge in [-0.1, -0.05) is 24.3 Å². The van der Waals surface area contributed by atoms with Gasteiger partial charge >= 0.3 is 0 Å². The molecule has 0 saturated heterocycles. The Morgan fingerprint density at radius 3 is 2.61 bits per heavy atom. The molecule has 0 unspecified atom stereocenters. The predicted molar refractivity (Wildman–Crippen MR) is 148 cm³/mol. The van der Waals surface area contributed by atoms with Gasteiger partial charge in [-0.2, -0.15) is 0 Å². The number of nitrogens with two attached hydrogens (primary N) is 1. The SMILES string of the molecule is COc1cc2c(OCc3ccc4c(C(N)=O)cccc4c3)ccnc2cc1OCC1(N(C)CC2CC2)CC1. The van der Waals surface area contributed by atoms with E-state index in [4.69, 9.17) is 19.9 Å². The second-order valence-electron chi connectivity index (χ2n) is 10.7. The highest BCUT2D eigenvalue weighted by Gasteiger charge is 2.48. The Kier molecular flexibility index (Phi) is 6.32. The molecule has 0 atom stereocenters. The number of nitrogens with zero attached hydrogens (tertiary/aromatic N) is 2. The molecule has 0 radical (unpaired) electrons. The number of carbonyl (C=O) groups excluding carboxylic acids is 1. The first kappa shape index (κ1) is 24.5. The van der Waals surface area contributed by atoms with Gasteiger partial charge in [0.15, 0.2) is 11.5 Å². The summed E-state index contributed by atoms with van der Waals surface area (Å²) >= 11 is 0. The second kappa shape index (κ2) is 9.80. The maximum atomic E-state index is 11.7. The largest absolute Gasteiger partial charge is 0.493 e. The van der Waals surface area contributed by atoms with Gasteiger partial charge in [0.2, 0.25) is 5.91 Å². The van der Waals surface area contributed by atoms with Gasteiger partial charge in [-0.25, -0.2) is 0 Å². The molecule has 2 aliphatic carbocycles. The number of hydrogen-bond acceptors (Lipinski definition) is 6. The lowest BCUT2D eigenvalue weighted by molar-refractivity contribution is 0.100. The van der Waals surface area contributed by atoms with E-state index in [1.807, 2.05) is 48.5 Å². The third kappa shape index (κ3) is 4.86. The number of rotatable bonds is 11. The molecule has 2 fully saturated rings. The molecule has 2 aliphatic rings. The van der Waals surface area contributed by atoms with Crippen molar-refractivity contribution in [2.75, 3.05) is 27.3 Å². The Bertz CT molecular complexity index is 1510. The molecule has 1 amide bonds. The van der Waals surface area contributed by atoms with E-state index in [2.05, 4.69) is 16.9 Å². The van der Waals surface area contributed by atoms with E-state index in [0.717, 1.165) is 39.7 Å². The number of carbonyl (C=O) groups is 1. The summed E-state index contributed by atoms with van der Waals surface area (Å²) in [7, 11) is 3.89. The van der Waals surface area contributed by atoms with Crippen molar-refractivity contribution < 1.29 is 19.0 Å². The first-order valence-corrected chi connectivity index (χ1v) is 13.2. The van der Waals surface area contributed by atoms with Gasteiger partial charge < -0.3 is 19.9 Å². The Balaban J connectivity index is 1.20. The lowest BCUT2D eigenvalue weighted by Gasteiger charge is -2.28. The molecule has 1 heterocycles. The number of benzene rings is 3. The average molecular weight is 512 g/mol. The van der Waals surface area contributed by atoms with Crippen molar-refractivity contribution in [1.82, 2.24) is 9.88 Å². The number of ether oxygens (including phenoxy) is 3. The van der Waals surface area contributed by atoms with E-state index in [9.17, 15) is 4.79 Å². The summed E-state index contributed by atoms with van der Waals surface area (Å²) in [6.07, 6.45) is 6.79. The maximum absolute atomic E-state index is 11.7. The van der Waals surface area contributed by atoms with Crippen molar-refractivity contribution in [2.24, 2.45) is 11.7 Å². The van der Waals surface area contributed by atoms with Crippen molar-refractivity contribution in [2.45, 2.75) is 37.8 Å². The lowest BCUT2D eigenvalue weighted by Crippen LogP contribution is -2.40. The molecular weight excluding hydrogens is 478 g/mol. The summed E-state index contributed by atoms with van der Waals surface area (Å²) in [4.78, 5) is 18.8. The van der Waals surface area contributed by atoms with Gasteiger partial charge in [0.25, 0.3) is 0 Å². The Hall–Kier alpha value is -3.84. The van der Waals surface area contributed by atoms with Crippen LogP contribution in [0.3, 0.4) is 0 Å². The molecule has 3 aromatic carbocycles. The zero-order valence-electron chi connectivity index (χ0n) is 21.9.